The van der Waals surface area contributed by atoms with Crippen molar-refractivity contribution in [3.05, 3.63) is 36.2 Å². The molecule has 2 rings (SSSR count). The Bertz CT molecular complexity index is 422. The topological polar surface area (TPSA) is 28.2 Å². The summed E-state index contributed by atoms with van der Waals surface area (Å²) in [5, 5.41) is 3.37. The van der Waals surface area contributed by atoms with E-state index in [2.05, 4.69) is 47.8 Å². The summed E-state index contributed by atoms with van der Waals surface area (Å²) in [6.07, 6.45) is 2.48. The van der Waals surface area contributed by atoms with Crippen LogP contribution in [0.3, 0.4) is 0 Å². The standard InChI is InChI=1S/C16H25N3/c1-13(2)8-9-17-14(3)16-7-4-6-15(18-16)12-19-10-5-11-19/h4,6-7,13,17H,3,5,8-12H2,1-2H3. The molecule has 1 aliphatic heterocycles. The zero-order valence-electron chi connectivity index (χ0n) is 12.2. The first kappa shape index (κ1) is 14.1. The molecule has 0 bridgehead atoms. The zero-order valence-corrected chi connectivity index (χ0v) is 12.2. The van der Waals surface area contributed by atoms with Crippen LogP contribution in [0.2, 0.25) is 0 Å². The van der Waals surface area contributed by atoms with Gasteiger partial charge in [0.25, 0.3) is 0 Å². The summed E-state index contributed by atoms with van der Waals surface area (Å²) >= 11 is 0. The van der Waals surface area contributed by atoms with E-state index in [1.165, 1.54) is 19.5 Å². The molecule has 0 spiro atoms. The van der Waals surface area contributed by atoms with Crippen molar-refractivity contribution in [2.75, 3.05) is 19.6 Å². The van der Waals surface area contributed by atoms with Gasteiger partial charge in [-0.3, -0.25) is 4.90 Å². The van der Waals surface area contributed by atoms with Crippen molar-refractivity contribution >= 4 is 5.70 Å². The van der Waals surface area contributed by atoms with Crippen LogP contribution >= 0.6 is 0 Å². The fraction of sp³-hybridized carbons (Fsp3) is 0.562. The molecule has 19 heavy (non-hydrogen) atoms. The number of pyridine rings is 1. The molecule has 0 amide bonds. The minimum atomic E-state index is 0.714. The van der Waals surface area contributed by atoms with Crippen molar-refractivity contribution < 1.29 is 0 Å². The van der Waals surface area contributed by atoms with Gasteiger partial charge in [0.1, 0.15) is 0 Å². The normalized spacial score (nSPS) is 15.3. The van der Waals surface area contributed by atoms with Gasteiger partial charge in [-0.05, 0) is 44.0 Å². The van der Waals surface area contributed by atoms with Crippen LogP contribution in [0, 0.1) is 5.92 Å². The molecule has 0 aromatic carbocycles. The molecule has 0 radical (unpaired) electrons. The maximum absolute atomic E-state index is 4.69. The summed E-state index contributed by atoms with van der Waals surface area (Å²) in [5.41, 5.74) is 3.05. The number of nitrogens with one attached hydrogen (secondary N) is 1. The number of rotatable bonds is 7. The maximum Gasteiger partial charge on any atom is 0.0858 e. The Balaban J connectivity index is 1.87. The molecule has 0 atom stereocenters. The number of likely N-dealkylation sites (tertiary alicyclic amines) is 1. The molecule has 1 saturated heterocycles. The molecule has 1 fully saturated rings. The van der Waals surface area contributed by atoms with E-state index in [0.29, 0.717) is 5.92 Å². The SMILES string of the molecule is C=C(NCCC(C)C)c1cccc(CN2CCC2)n1. The Labute approximate surface area is 116 Å². The lowest BCUT2D eigenvalue weighted by atomic mass is 10.1. The predicted octanol–water partition coefficient (Wildman–Crippen LogP) is 2.89. The fourth-order valence-corrected chi connectivity index (χ4v) is 2.11. The number of nitrogens with zero attached hydrogens (tertiary/aromatic N) is 2. The second kappa shape index (κ2) is 6.71. The minimum absolute atomic E-state index is 0.714. The Morgan fingerprint density at radius 1 is 1.42 bits per heavy atom. The first-order valence-corrected chi connectivity index (χ1v) is 7.26. The molecule has 1 aliphatic rings. The fourth-order valence-electron chi connectivity index (χ4n) is 2.11. The lowest BCUT2D eigenvalue weighted by molar-refractivity contribution is 0.170. The average Bonchev–Trinajstić information content (AvgIpc) is 2.34. The van der Waals surface area contributed by atoms with Crippen LogP contribution in [-0.4, -0.2) is 29.5 Å². The van der Waals surface area contributed by atoms with Gasteiger partial charge in [-0.15, -0.1) is 0 Å². The predicted molar refractivity (Wildman–Crippen MR) is 80.6 cm³/mol. The zero-order chi connectivity index (χ0) is 13.7. The second-order valence-electron chi connectivity index (χ2n) is 5.73. The molecular formula is C16H25N3. The van der Waals surface area contributed by atoms with Crippen LogP contribution in [0.25, 0.3) is 5.70 Å². The monoisotopic (exact) mass is 259 g/mol. The summed E-state index contributed by atoms with van der Waals surface area (Å²) < 4.78 is 0. The van der Waals surface area contributed by atoms with E-state index in [-0.39, 0.29) is 0 Å². The van der Waals surface area contributed by atoms with Gasteiger partial charge in [-0.2, -0.15) is 0 Å². The second-order valence-corrected chi connectivity index (χ2v) is 5.73. The molecular weight excluding hydrogens is 234 g/mol. The van der Waals surface area contributed by atoms with Crippen molar-refractivity contribution in [3.8, 4) is 0 Å². The lowest BCUT2D eigenvalue weighted by Crippen LogP contribution is -2.36. The summed E-state index contributed by atoms with van der Waals surface area (Å²) in [6, 6.07) is 6.21. The van der Waals surface area contributed by atoms with Gasteiger partial charge in [0.2, 0.25) is 0 Å². The highest BCUT2D eigenvalue weighted by Gasteiger charge is 2.14. The molecule has 0 saturated carbocycles. The van der Waals surface area contributed by atoms with Gasteiger partial charge in [-0.1, -0.05) is 26.5 Å². The summed E-state index contributed by atoms with van der Waals surface area (Å²) in [5.74, 6) is 0.714. The van der Waals surface area contributed by atoms with E-state index >= 15 is 0 Å². The van der Waals surface area contributed by atoms with Crippen LogP contribution in [0.4, 0.5) is 0 Å². The Kier molecular flexibility index (Phi) is 4.97. The largest absolute Gasteiger partial charge is 0.384 e. The summed E-state index contributed by atoms with van der Waals surface area (Å²) in [6.45, 7) is 12.9. The minimum Gasteiger partial charge on any atom is -0.384 e. The van der Waals surface area contributed by atoms with Crippen molar-refractivity contribution in [1.29, 1.82) is 0 Å². The summed E-state index contributed by atoms with van der Waals surface area (Å²) in [7, 11) is 0. The van der Waals surface area contributed by atoms with Gasteiger partial charge in [0.15, 0.2) is 0 Å². The third kappa shape index (κ3) is 4.35. The lowest BCUT2D eigenvalue weighted by Gasteiger charge is -2.30. The molecule has 2 heterocycles. The van der Waals surface area contributed by atoms with Gasteiger partial charge in [0.05, 0.1) is 17.1 Å². The third-order valence-corrected chi connectivity index (χ3v) is 3.51. The van der Waals surface area contributed by atoms with Crippen LogP contribution in [0.15, 0.2) is 24.8 Å². The first-order valence-electron chi connectivity index (χ1n) is 7.26. The smallest absolute Gasteiger partial charge is 0.0858 e. The Hall–Kier alpha value is -1.35. The number of hydrogen-bond acceptors (Lipinski definition) is 3. The molecule has 1 aromatic rings. The van der Waals surface area contributed by atoms with E-state index in [0.717, 1.165) is 36.6 Å². The Morgan fingerprint density at radius 3 is 2.84 bits per heavy atom. The first-order chi connectivity index (χ1) is 9.15. The van der Waals surface area contributed by atoms with Crippen molar-refractivity contribution in [1.82, 2.24) is 15.2 Å². The van der Waals surface area contributed by atoms with Gasteiger partial charge >= 0.3 is 0 Å². The highest BCUT2D eigenvalue weighted by molar-refractivity contribution is 5.58. The van der Waals surface area contributed by atoms with Gasteiger partial charge < -0.3 is 5.32 Å². The van der Waals surface area contributed by atoms with Crippen molar-refractivity contribution in [2.24, 2.45) is 5.92 Å². The molecule has 0 unspecified atom stereocenters. The molecule has 0 aliphatic carbocycles. The highest BCUT2D eigenvalue weighted by atomic mass is 15.2. The Morgan fingerprint density at radius 2 is 2.21 bits per heavy atom. The molecule has 3 heteroatoms. The maximum atomic E-state index is 4.69. The quantitative estimate of drug-likeness (QED) is 0.816. The summed E-state index contributed by atoms with van der Waals surface area (Å²) in [4.78, 5) is 7.11. The van der Waals surface area contributed by atoms with E-state index in [1.807, 2.05) is 6.07 Å². The van der Waals surface area contributed by atoms with Crippen LogP contribution in [0.1, 0.15) is 38.1 Å². The van der Waals surface area contributed by atoms with Gasteiger partial charge in [-0.25, -0.2) is 4.98 Å². The molecule has 3 nitrogen and oxygen atoms in total. The molecule has 1 N–H and O–H groups in total. The van der Waals surface area contributed by atoms with Crippen LogP contribution < -0.4 is 5.32 Å². The van der Waals surface area contributed by atoms with E-state index in [9.17, 15) is 0 Å². The third-order valence-electron chi connectivity index (χ3n) is 3.51. The average molecular weight is 259 g/mol. The van der Waals surface area contributed by atoms with E-state index in [4.69, 9.17) is 0 Å². The van der Waals surface area contributed by atoms with Crippen LogP contribution in [0.5, 0.6) is 0 Å². The highest BCUT2D eigenvalue weighted by Crippen LogP contribution is 2.13. The van der Waals surface area contributed by atoms with E-state index < -0.39 is 0 Å². The van der Waals surface area contributed by atoms with Crippen molar-refractivity contribution in [3.63, 3.8) is 0 Å². The van der Waals surface area contributed by atoms with Gasteiger partial charge in [0, 0.05) is 13.1 Å². The number of aromatic nitrogens is 1. The van der Waals surface area contributed by atoms with E-state index in [1.54, 1.807) is 0 Å². The number of hydrogen-bond donors (Lipinski definition) is 1. The van der Waals surface area contributed by atoms with Crippen LogP contribution in [-0.2, 0) is 6.54 Å². The van der Waals surface area contributed by atoms with Crippen molar-refractivity contribution in [2.45, 2.75) is 33.2 Å². The molecule has 104 valence electrons. The molecule has 1 aromatic heterocycles.